The summed E-state index contributed by atoms with van der Waals surface area (Å²) < 4.78 is 0.325. The van der Waals surface area contributed by atoms with Crippen molar-refractivity contribution in [3.05, 3.63) is 36.2 Å². The van der Waals surface area contributed by atoms with Crippen molar-refractivity contribution >= 4 is 28.4 Å². The van der Waals surface area contributed by atoms with Crippen molar-refractivity contribution in [2.45, 2.75) is 31.9 Å². The highest BCUT2D eigenvalue weighted by atomic mass is 35.5. The number of rotatable bonds is 4. The summed E-state index contributed by atoms with van der Waals surface area (Å²) in [6.45, 7) is 6.67. The van der Waals surface area contributed by atoms with Gasteiger partial charge in [0.15, 0.2) is 0 Å². The lowest BCUT2D eigenvalue weighted by atomic mass is 10.3. The van der Waals surface area contributed by atoms with Crippen LogP contribution in [0.4, 0.5) is 0 Å². The second-order valence-electron chi connectivity index (χ2n) is 4.52. The van der Waals surface area contributed by atoms with E-state index in [1.165, 1.54) is 0 Å². The highest BCUT2D eigenvalue weighted by molar-refractivity contribution is 8.00. The largest absolute Gasteiger partial charge is 0.255 e. The Hall–Kier alpha value is -0.470. The summed E-state index contributed by atoms with van der Waals surface area (Å²) in [6.07, 6.45) is 4.79. The summed E-state index contributed by atoms with van der Waals surface area (Å²) in [6, 6.07) is 5.77. The fourth-order valence-corrected chi connectivity index (χ4v) is 2.23. The van der Waals surface area contributed by atoms with E-state index in [1.54, 1.807) is 6.20 Å². The van der Waals surface area contributed by atoms with Gasteiger partial charge in [0.25, 0.3) is 0 Å². The molecule has 0 saturated carbocycles. The first kappa shape index (κ1) is 13.6. The zero-order valence-electron chi connectivity index (χ0n) is 10.0. The van der Waals surface area contributed by atoms with E-state index in [-0.39, 0.29) is 0 Å². The van der Waals surface area contributed by atoms with Crippen LogP contribution < -0.4 is 0 Å². The lowest BCUT2D eigenvalue weighted by Gasteiger charge is -2.16. The number of halogens is 1. The molecule has 1 heterocycles. The van der Waals surface area contributed by atoms with Crippen LogP contribution in [0.25, 0.3) is 5.03 Å². The second kappa shape index (κ2) is 6.31. The molecule has 0 aliphatic rings. The molecule has 0 bridgehead atoms. The molecule has 1 aromatic heterocycles. The average molecular weight is 256 g/mol. The van der Waals surface area contributed by atoms with Crippen LogP contribution >= 0.6 is 23.4 Å². The Kier molecular flexibility index (Phi) is 5.36. The molecule has 88 valence electrons. The molecule has 0 amide bonds. The van der Waals surface area contributed by atoms with E-state index in [0.717, 1.165) is 22.9 Å². The minimum absolute atomic E-state index is 0.325. The molecule has 0 aromatic carbocycles. The van der Waals surface area contributed by atoms with Gasteiger partial charge in [-0.05, 0) is 24.3 Å². The van der Waals surface area contributed by atoms with Gasteiger partial charge in [-0.3, -0.25) is 4.98 Å². The third-order valence-electron chi connectivity index (χ3n) is 1.89. The van der Waals surface area contributed by atoms with Gasteiger partial charge in [-0.2, -0.15) is 11.8 Å². The molecule has 0 fully saturated rings. The van der Waals surface area contributed by atoms with Crippen LogP contribution in [0.5, 0.6) is 0 Å². The first-order valence-electron chi connectivity index (χ1n) is 5.40. The fraction of sp³-hybridized carbons (Fsp3) is 0.462. The van der Waals surface area contributed by atoms with E-state index in [4.69, 9.17) is 11.6 Å². The summed E-state index contributed by atoms with van der Waals surface area (Å²) in [4.78, 5) is 4.20. The Morgan fingerprint density at radius 1 is 1.44 bits per heavy atom. The van der Waals surface area contributed by atoms with E-state index >= 15 is 0 Å². The third-order valence-corrected chi connectivity index (χ3v) is 3.54. The topological polar surface area (TPSA) is 12.9 Å². The number of allylic oxidation sites excluding steroid dienone is 1. The van der Waals surface area contributed by atoms with Gasteiger partial charge in [-0.15, -0.1) is 0 Å². The van der Waals surface area contributed by atoms with Crippen molar-refractivity contribution in [2.75, 3.05) is 5.75 Å². The predicted octanol–water partition coefficient (Wildman–Crippen LogP) is 4.58. The first-order valence-corrected chi connectivity index (χ1v) is 6.76. The minimum atomic E-state index is 0.325. The summed E-state index contributed by atoms with van der Waals surface area (Å²) in [5, 5.41) is 0.745. The highest BCUT2D eigenvalue weighted by Crippen LogP contribution is 2.25. The molecule has 0 spiro atoms. The van der Waals surface area contributed by atoms with Gasteiger partial charge in [0.05, 0.1) is 10.7 Å². The van der Waals surface area contributed by atoms with Gasteiger partial charge in [-0.25, -0.2) is 0 Å². The zero-order valence-corrected chi connectivity index (χ0v) is 11.6. The van der Waals surface area contributed by atoms with Crippen molar-refractivity contribution in [1.82, 2.24) is 4.98 Å². The first-order chi connectivity index (χ1) is 7.49. The van der Waals surface area contributed by atoms with Gasteiger partial charge in [0, 0.05) is 10.9 Å². The van der Waals surface area contributed by atoms with Crippen molar-refractivity contribution in [3.8, 4) is 0 Å². The quantitative estimate of drug-likeness (QED) is 0.731. The van der Waals surface area contributed by atoms with Gasteiger partial charge >= 0.3 is 0 Å². The summed E-state index contributed by atoms with van der Waals surface area (Å²) in [7, 11) is 0. The molecular formula is C13H18ClNS. The maximum atomic E-state index is 6.15. The second-order valence-corrected chi connectivity index (χ2v) is 6.85. The van der Waals surface area contributed by atoms with Crippen LogP contribution in [0.1, 0.15) is 32.9 Å². The van der Waals surface area contributed by atoms with Crippen LogP contribution in [-0.2, 0) is 0 Å². The summed E-state index contributed by atoms with van der Waals surface area (Å²) in [5.74, 6) is 1.09. The van der Waals surface area contributed by atoms with Gasteiger partial charge in [-0.1, -0.05) is 44.5 Å². The summed E-state index contributed by atoms with van der Waals surface area (Å²) >= 11 is 8.09. The van der Waals surface area contributed by atoms with Crippen molar-refractivity contribution < 1.29 is 0 Å². The Morgan fingerprint density at radius 2 is 2.19 bits per heavy atom. The number of hydrogen-bond acceptors (Lipinski definition) is 2. The Morgan fingerprint density at radius 3 is 2.75 bits per heavy atom. The third kappa shape index (κ3) is 5.57. The molecule has 0 unspecified atom stereocenters. The monoisotopic (exact) mass is 255 g/mol. The highest BCUT2D eigenvalue weighted by Gasteiger charge is 2.09. The molecule has 1 aromatic rings. The molecular weight excluding hydrogens is 238 g/mol. The molecule has 0 aliphatic carbocycles. The molecule has 3 heteroatoms. The van der Waals surface area contributed by atoms with E-state index in [1.807, 2.05) is 36.0 Å². The van der Waals surface area contributed by atoms with E-state index < -0.39 is 0 Å². The van der Waals surface area contributed by atoms with Crippen LogP contribution in [0, 0.1) is 0 Å². The number of hydrogen-bond donors (Lipinski definition) is 0. The standard InChI is InChI=1S/C13H18ClNS/c1-13(2,3)16-10-6-7-11(14)12-8-4-5-9-15-12/h4-5,7-9H,6,10H2,1-3H3. The van der Waals surface area contributed by atoms with Gasteiger partial charge in [0.2, 0.25) is 0 Å². The molecule has 0 aliphatic heterocycles. The van der Waals surface area contributed by atoms with Crippen LogP contribution in [0.3, 0.4) is 0 Å². The lowest BCUT2D eigenvalue weighted by Crippen LogP contribution is -2.07. The van der Waals surface area contributed by atoms with E-state index in [0.29, 0.717) is 4.75 Å². The predicted molar refractivity (Wildman–Crippen MR) is 74.9 cm³/mol. The number of nitrogens with zero attached hydrogens (tertiary/aromatic N) is 1. The minimum Gasteiger partial charge on any atom is -0.255 e. The van der Waals surface area contributed by atoms with Crippen LogP contribution in [0.2, 0.25) is 0 Å². The average Bonchev–Trinajstić information content (AvgIpc) is 2.24. The smallest absolute Gasteiger partial charge is 0.0812 e. The number of pyridine rings is 1. The SMILES string of the molecule is CC(C)(C)SCCC=C(Cl)c1ccccn1. The Labute approximate surface area is 107 Å². The molecule has 0 saturated heterocycles. The van der Waals surface area contributed by atoms with Crippen molar-refractivity contribution in [1.29, 1.82) is 0 Å². The van der Waals surface area contributed by atoms with Gasteiger partial charge in [0.1, 0.15) is 0 Å². The van der Waals surface area contributed by atoms with E-state index in [9.17, 15) is 0 Å². The molecule has 0 atom stereocenters. The maximum Gasteiger partial charge on any atom is 0.0812 e. The molecule has 0 radical (unpaired) electrons. The Balaban J connectivity index is 2.41. The Bertz CT molecular complexity index is 341. The lowest BCUT2D eigenvalue weighted by molar-refractivity contribution is 0.802. The molecule has 1 nitrogen and oxygen atoms in total. The number of thioether (sulfide) groups is 1. The fourth-order valence-electron chi connectivity index (χ4n) is 1.16. The molecule has 0 N–H and O–H groups in total. The van der Waals surface area contributed by atoms with Gasteiger partial charge < -0.3 is 0 Å². The maximum absolute atomic E-state index is 6.15. The van der Waals surface area contributed by atoms with Crippen molar-refractivity contribution in [3.63, 3.8) is 0 Å². The summed E-state index contributed by atoms with van der Waals surface area (Å²) in [5.41, 5.74) is 0.852. The molecule has 1 rings (SSSR count). The molecule has 16 heavy (non-hydrogen) atoms. The normalized spacial score (nSPS) is 12.9. The van der Waals surface area contributed by atoms with Crippen molar-refractivity contribution in [2.24, 2.45) is 0 Å². The zero-order chi connectivity index (χ0) is 12.0. The number of aromatic nitrogens is 1. The van der Waals surface area contributed by atoms with Crippen LogP contribution in [-0.4, -0.2) is 15.5 Å². The van der Waals surface area contributed by atoms with Crippen LogP contribution in [0.15, 0.2) is 30.5 Å². The van der Waals surface area contributed by atoms with E-state index in [2.05, 4.69) is 25.8 Å².